The van der Waals surface area contributed by atoms with E-state index >= 15 is 0 Å². The fourth-order valence-corrected chi connectivity index (χ4v) is 2.16. The van der Waals surface area contributed by atoms with Crippen molar-refractivity contribution in [3.63, 3.8) is 0 Å². The summed E-state index contributed by atoms with van der Waals surface area (Å²) in [5.41, 5.74) is 0.765. The minimum Gasteiger partial charge on any atom is -0.479 e. The van der Waals surface area contributed by atoms with E-state index in [4.69, 9.17) is 44.6 Å². The third-order valence-electron chi connectivity index (χ3n) is 2.62. The largest absolute Gasteiger partial charge is 0.479 e. The molecule has 0 radical (unpaired) electrons. The van der Waals surface area contributed by atoms with Crippen molar-refractivity contribution in [2.75, 3.05) is 0 Å². The molecule has 0 aliphatic carbocycles. The molecule has 7 heteroatoms. The van der Waals surface area contributed by atoms with Crippen LogP contribution in [0.25, 0.3) is 0 Å². The van der Waals surface area contributed by atoms with Crippen molar-refractivity contribution in [2.24, 2.45) is 0 Å². The van der Waals surface area contributed by atoms with Crippen LogP contribution in [-0.2, 0) is 9.53 Å². The van der Waals surface area contributed by atoms with Gasteiger partial charge in [-0.2, -0.15) is 0 Å². The third kappa shape index (κ3) is 2.90. The van der Waals surface area contributed by atoms with Crippen LogP contribution < -0.4 is 5.32 Å². The molecule has 0 unspecified atom stereocenters. The van der Waals surface area contributed by atoms with Gasteiger partial charge in [-0.1, -0.05) is 65.1 Å². The molecule has 0 saturated carbocycles. The fraction of sp³-hybridized carbons (Fsp3) is 0.364. The Morgan fingerprint density at radius 3 is 2.39 bits per heavy atom. The summed E-state index contributed by atoms with van der Waals surface area (Å²) >= 11 is 17.1. The second-order valence-corrected chi connectivity index (χ2v) is 6.24. The summed E-state index contributed by atoms with van der Waals surface area (Å²) in [5.74, 6) is -1.10. The monoisotopic (exact) mass is 309 g/mol. The van der Waals surface area contributed by atoms with Crippen LogP contribution in [0.5, 0.6) is 0 Å². The number of hydrogen-bond acceptors (Lipinski definition) is 3. The van der Waals surface area contributed by atoms with Gasteiger partial charge >= 0.3 is 5.97 Å². The molecule has 0 aromatic heterocycles. The van der Waals surface area contributed by atoms with Gasteiger partial charge in [0.25, 0.3) is 0 Å². The molecule has 1 aliphatic rings. The van der Waals surface area contributed by atoms with E-state index in [1.807, 2.05) is 6.07 Å². The highest BCUT2D eigenvalue weighted by atomic mass is 35.6. The van der Waals surface area contributed by atoms with Crippen molar-refractivity contribution in [3.05, 3.63) is 35.9 Å². The Kier molecular flexibility index (Phi) is 4.04. The summed E-state index contributed by atoms with van der Waals surface area (Å²) in [6.45, 7) is 0. The van der Waals surface area contributed by atoms with Gasteiger partial charge in [-0.05, 0) is 5.56 Å². The lowest BCUT2D eigenvalue weighted by Crippen LogP contribution is -2.36. The Bertz CT molecular complexity index is 435. The predicted octanol–water partition coefficient (Wildman–Crippen LogP) is 2.50. The summed E-state index contributed by atoms with van der Waals surface area (Å²) in [7, 11) is 0. The van der Waals surface area contributed by atoms with Crippen LogP contribution in [-0.4, -0.2) is 27.2 Å². The minimum absolute atomic E-state index is 0.552. The number of rotatable bonds is 2. The number of hydrogen-bond donors (Lipinski definition) is 2. The molecule has 1 heterocycles. The van der Waals surface area contributed by atoms with E-state index in [0.717, 1.165) is 5.56 Å². The van der Waals surface area contributed by atoms with E-state index in [2.05, 4.69) is 5.32 Å². The van der Waals surface area contributed by atoms with Crippen molar-refractivity contribution in [1.29, 1.82) is 0 Å². The lowest BCUT2D eigenvalue weighted by Gasteiger charge is -2.19. The first-order valence-electron chi connectivity index (χ1n) is 5.15. The molecule has 0 spiro atoms. The van der Waals surface area contributed by atoms with Gasteiger partial charge in [-0.25, -0.2) is 4.79 Å². The Morgan fingerprint density at radius 1 is 1.28 bits per heavy atom. The summed E-state index contributed by atoms with van der Waals surface area (Å²) in [4.78, 5) is 11.2. The van der Waals surface area contributed by atoms with Crippen molar-refractivity contribution >= 4 is 40.8 Å². The highest BCUT2D eigenvalue weighted by Crippen LogP contribution is 2.38. The Morgan fingerprint density at radius 2 is 1.89 bits per heavy atom. The van der Waals surface area contributed by atoms with Gasteiger partial charge in [0, 0.05) is 0 Å². The van der Waals surface area contributed by atoms with E-state index in [0.29, 0.717) is 0 Å². The highest BCUT2D eigenvalue weighted by Gasteiger charge is 2.47. The van der Waals surface area contributed by atoms with Gasteiger partial charge in [-0.3, -0.25) is 5.32 Å². The number of alkyl halides is 3. The van der Waals surface area contributed by atoms with Crippen molar-refractivity contribution in [2.45, 2.75) is 22.2 Å². The molecule has 1 saturated heterocycles. The van der Waals surface area contributed by atoms with E-state index in [1.54, 1.807) is 24.3 Å². The third-order valence-corrected chi connectivity index (χ3v) is 3.21. The van der Waals surface area contributed by atoms with E-state index in [9.17, 15) is 4.79 Å². The number of benzene rings is 1. The second-order valence-electron chi connectivity index (χ2n) is 3.87. The SMILES string of the molecule is O=C(O)[C@@H]1O[C@H](C(Cl)(Cl)Cl)N[C@H]1c1ccccc1. The molecule has 0 bridgehead atoms. The molecule has 3 atom stereocenters. The summed E-state index contributed by atoms with van der Waals surface area (Å²) in [5, 5.41) is 12.0. The van der Waals surface area contributed by atoms with Crippen molar-refractivity contribution in [1.82, 2.24) is 5.32 Å². The molecule has 1 aromatic carbocycles. The first-order chi connectivity index (χ1) is 8.39. The molecule has 1 aliphatic heterocycles. The fourth-order valence-electron chi connectivity index (χ4n) is 1.82. The summed E-state index contributed by atoms with van der Waals surface area (Å²) in [6, 6.07) is 8.47. The van der Waals surface area contributed by atoms with Crippen molar-refractivity contribution in [3.8, 4) is 0 Å². The predicted molar refractivity (Wildman–Crippen MR) is 68.9 cm³/mol. The van der Waals surface area contributed by atoms with Crippen LogP contribution in [0.15, 0.2) is 30.3 Å². The van der Waals surface area contributed by atoms with Gasteiger partial charge in [0.05, 0.1) is 6.04 Å². The average molecular weight is 311 g/mol. The molecule has 4 nitrogen and oxygen atoms in total. The minimum atomic E-state index is -1.72. The normalized spacial score (nSPS) is 28.3. The van der Waals surface area contributed by atoms with Gasteiger partial charge in [0.2, 0.25) is 3.79 Å². The quantitative estimate of drug-likeness (QED) is 0.824. The van der Waals surface area contributed by atoms with Gasteiger partial charge in [0.15, 0.2) is 12.3 Å². The van der Waals surface area contributed by atoms with E-state index < -0.39 is 28.1 Å². The molecule has 0 amide bonds. The second kappa shape index (κ2) is 5.23. The maximum atomic E-state index is 11.2. The van der Waals surface area contributed by atoms with Crippen LogP contribution in [0, 0.1) is 0 Å². The van der Waals surface area contributed by atoms with E-state index in [1.165, 1.54) is 0 Å². The molecular formula is C11H10Cl3NO3. The maximum Gasteiger partial charge on any atom is 0.334 e. The lowest BCUT2D eigenvalue weighted by molar-refractivity contribution is -0.150. The number of ether oxygens (including phenoxy) is 1. The molecule has 2 rings (SSSR count). The molecule has 98 valence electrons. The van der Waals surface area contributed by atoms with Crippen LogP contribution in [0.4, 0.5) is 0 Å². The number of nitrogens with one attached hydrogen (secondary N) is 1. The zero-order valence-electron chi connectivity index (χ0n) is 9.02. The topological polar surface area (TPSA) is 58.6 Å². The van der Waals surface area contributed by atoms with Crippen LogP contribution in [0.1, 0.15) is 11.6 Å². The molecule has 1 aromatic rings. The highest BCUT2D eigenvalue weighted by molar-refractivity contribution is 6.68. The number of carboxylic acid groups (broad SMARTS) is 1. The Labute approximate surface area is 119 Å². The molecule has 2 N–H and O–H groups in total. The van der Waals surface area contributed by atoms with Crippen molar-refractivity contribution < 1.29 is 14.6 Å². The number of carbonyl (C=O) groups is 1. The average Bonchev–Trinajstić information content (AvgIpc) is 2.74. The van der Waals surface area contributed by atoms with Crippen LogP contribution in [0.2, 0.25) is 0 Å². The molecule has 1 fully saturated rings. The summed E-state index contributed by atoms with van der Waals surface area (Å²) in [6.07, 6.45) is -2.05. The smallest absolute Gasteiger partial charge is 0.334 e. The summed E-state index contributed by atoms with van der Waals surface area (Å²) < 4.78 is 3.52. The van der Waals surface area contributed by atoms with Gasteiger partial charge in [0.1, 0.15) is 0 Å². The standard InChI is InChI=1S/C11H10Cl3NO3/c12-11(13,14)10-15-7(8(18-10)9(16)17)6-4-2-1-3-5-6/h1-5,7-8,10,15H,(H,16,17)/t7-,8+,10+/m0/s1. The number of halogens is 3. The van der Waals surface area contributed by atoms with E-state index in [-0.39, 0.29) is 0 Å². The number of aliphatic carboxylic acids is 1. The van der Waals surface area contributed by atoms with Crippen LogP contribution >= 0.6 is 34.8 Å². The lowest BCUT2D eigenvalue weighted by atomic mass is 10.0. The zero-order valence-corrected chi connectivity index (χ0v) is 11.3. The van der Waals surface area contributed by atoms with Crippen LogP contribution in [0.3, 0.4) is 0 Å². The van der Waals surface area contributed by atoms with Gasteiger partial charge < -0.3 is 9.84 Å². The molecular weight excluding hydrogens is 300 g/mol. The maximum absolute atomic E-state index is 11.2. The Balaban J connectivity index is 2.26. The number of carboxylic acids is 1. The Hall–Kier alpha value is -0.520. The first kappa shape index (κ1) is 13.9. The van der Waals surface area contributed by atoms with Gasteiger partial charge in [-0.15, -0.1) is 0 Å². The first-order valence-corrected chi connectivity index (χ1v) is 6.29. The zero-order chi connectivity index (χ0) is 13.3. The molecule has 18 heavy (non-hydrogen) atoms.